The molecule has 5 nitrogen and oxygen atoms in total. The van der Waals surface area contributed by atoms with E-state index >= 15 is 0 Å². The lowest BCUT2D eigenvalue weighted by atomic mass is 10.0. The average Bonchev–Trinajstić information content (AvgIpc) is 2.71. The van der Waals surface area contributed by atoms with E-state index in [1.54, 1.807) is 25.1 Å². The van der Waals surface area contributed by atoms with Gasteiger partial charge in [0.05, 0.1) is 25.5 Å². The number of aromatic nitrogens is 2. The summed E-state index contributed by atoms with van der Waals surface area (Å²) in [7, 11) is 5.14. The summed E-state index contributed by atoms with van der Waals surface area (Å²) in [5.74, 6) is 1.59. The van der Waals surface area contributed by atoms with Crippen LogP contribution in [0.1, 0.15) is 11.1 Å². The quantitative estimate of drug-likeness (QED) is 0.921. The first-order chi connectivity index (χ1) is 8.99. The molecule has 0 spiro atoms. The van der Waals surface area contributed by atoms with Crippen LogP contribution in [0.2, 0.25) is 0 Å². The van der Waals surface area contributed by atoms with Gasteiger partial charge in [-0.1, -0.05) is 0 Å². The monoisotopic (exact) mass is 261 g/mol. The summed E-state index contributed by atoms with van der Waals surface area (Å²) in [6, 6.07) is 1.92. The Morgan fingerprint density at radius 2 is 1.84 bits per heavy atom. The lowest BCUT2D eigenvalue weighted by molar-refractivity contribution is 0.399. The molecule has 0 radical (unpaired) electrons. The van der Waals surface area contributed by atoms with Crippen molar-refractivity contribution < 1.29 is 9.47 Å². The Morgan fingerprint density at radius 3 is 2.32 bits per heavy atom. The van der Waals surface area contributed by atoms with Crippen LogP contribution in [-0.2, 0) is 7.05 Å². The number of nitrogen functional groups attached to an aromatic ring is 1. The Morgan fingerprint density at radius 1 is 1.16 bits per heavy atom. The fourth-order valence-electron chi connectivity index (χ4n) is 2.23. The normalized spacial score (nSPS) is 10.6. The minimum absolute atomic E-state index is 0.617. The highest BCUT2D eigenvalue weighted by molar-refractivity contribution is 5.80. The first-order valence-corrected chi connectivity index (χ1v) is 6.01. The molecule has 2 N–H and O–H groups in total. The van der Waals surface area contributed by atoms with Gasteiger partial charge < -0.3 is 15.2 Å². The minimum Gasteiger partial charge on any atom is -0.496 e. The van der Waals surface area contributed by atoms with Gasteiger partial charge in [0.2, 0.25) is 0 Å². The van der Waals surface area contributed by atoms with Gasteiger partial charge in [-0.25, -0.2) is 0 Å². The smallest absolute Gasteiger partial charge is 0.131 e. The molecule has 0 unspecified atom stereocenters. The molecule has 1 heterocycles. The summed E-state index contributed by atoms with van der Waals surface area (Å²) in [5.41, 5.74) is 10.3. The molecule has 0 saturated carbocycles. The zero-order valence-corrected chi connectivity index (χ0v) is 11.9. The Labute approximate surface area is 112 Å². The number of anilines is 1. The largest absolute Gasteiger partial charge is 0.496 e. The minimum atomic E-state index is 0.617. The molecule has 102 valence electrons. The Hall–Kier alpha value is -2.17. The van der Waals surface area contributed by atoms with Crippen molar-refractivity contribution in [2.24, 2.45) is 7.05 Å². The zero-order chi connectivity index (χ0) is 14.2. The molecule has 2 aromatic rings. The summed E-state index contributed by atoms with van der Waals surface area (Å²) in [6.07, 6.45) is 1.77. The van der Waals surface area contributed by atoms with Crippen molar-refractivity contribution in [3.8, 4) is 22.8 Å². The fraction of sp³-hybridized carbons (Fsp3) is 0.357. The summed E-state index contributed by atoms with van der Waals surface area (Å²) in [4.78, 5) is 0. The van der Waals surface area contributed by atoms with E-state index in [0.717, 1.165) is 28.2 Å². The summed E-state index contributed by atoms with van der Waals surface area (Å²) >= 11 is 0. The topological polar surface area (TPSA) is 62.3 Å². The first-order valence-electron chi connectivity index (χ1n) is 6.01. The number of hydrogen-bond acceptors (Lipinski definition) is 4. The SMILES string of the molecule is COc1cc(-c2nn(C)cc2N)c(OC)c(C)c1C. The second-order valence-electron chi connectivity index (χ2n) is 4.52. The van der Waals surface area contributed by atoms with Gasteiger partial charge in [-0.15, -0.1) is 0 Å². The third-order valence-corrected chi connectivity index (χ3v) is 3.33. The van der Waals surface area contributed by atoms with Crippen LogP contribution in [0.4, 0.5) is 5.69 Å². The van der Waals surface area contributed by atoms with Crippen molar-refractivity contribution in [3.63, 3.8) is 0 Å². The second-order valence-corrected chi connectivity index (χ2v) is 4.52. The molecule has 0 amide bonds. The van der Waals surface area contributed by atoms with Gasteiger partial charge in [0.15, 0.2) is 0 Å². The molecule has 19 heavy (non-hydrogen) atoms. The van der Waals surface area contributed by atoms with E-state index in [4.69, 9.17) is 15.2 Å². The Balaban J connectivity index is 2.75. The first kappa shape index (κ1) is 13.3. The van der Waals surface area contributed by atoms with Crippen LogP contribution in [-0.4, -0.2) is 24.0 Å². The maximum atomic E-state index is 6.00. The van der Waals surface area contributed by atoms with Crippen LogP contribution in [0.5, 0.6) is 11.5 Å². The van der Waals surface area contributed by atoms with Crippen LogP contribution in [0.3, 0.4) is 0 Å². The van der Waals surface area contributed by atoms with Crippen molar-refractivity contribution in [2.75, 3.05) is 20.0 Å². The summed E-state index contributed by atoms with van der Waals surface area (Å²) < 4.78 is 12.6. The van der Waals surface area contributed by atoms with Gasteiger partial charge in [-0.3, -0.25) is 4.68 Å². The predicted octanol–water partition coefficient (Wildman–Crippen LogP) is 2.30. The van der Waals surface area contributed by atoms with Crippen molar-refractivity contribution in [2.45, 2.75) is 13.8 Å². The standard InChI is InChI=1S/C14H19N3O2/c1-8-9(2)14(19-5)10(6-12(8)18-4)13-11(15)7-17(3)16-13/h6-7H,15H2,1-5H3. The highest BCUT2D eigenvalue weighted by Gasteiger charge is 2.19. The molecule has 0 atom stereocenters. The number of ether oxygens (including phenoxy) is 2. The van der Waals surface area contributed by atoms with E-state index in [1.807, 2.05) is 27.0 Å². The molecule has 0 bridgehead atoms. The van der Waals surface area contributed by atoms with Gasteiger partial charge in [-0.05, 0) is 31.0 Å². The van der Waals surface area contributed by atoms with Crippen LogP contribution in [0.25, 0.3) is 11.3 Å². The molecule has 0 fully saturated rings. The van der Waals surface area contributed by atoms with Crippen LogP contribution in [0.15, 0.2) is 12.3 Å². The van der Waals surface area contributed by atoms with E-state index in [1.165, 1.54) is 0 Å². The molecule has 0 saturated heterocycles. The van der Waals surface area contributed by atoms with Crippen LogP contribution >= 0.6 is 0 Å². The van der Waals surface area contributed by atoms with E-state index in [0.29, 0.717) is 11.4 Å². The number of hydrogen-bond donors (Lipinski definition) is 1. The zero-order valence-electron chi connectivity index (χ0n) is 11.9. The number of nitrogens with two attached hydrogens (primary N) is 1. The molecular formula is C14H19N3O2. The van der Waals surface area contributed by atoms with Gasteiger partial charge in [0, 0.05) is 13.2 Å². The van der Waals surface area contributed by atoms with Gasteiger partial charge in [-0.2, -0.15) is 5.10 Å². The molecular weight excluding hydrogens is 242 g/mol. The van der Waals surface area contributed by atoms with Crippen LogP contribution < -0.4 is 15.2 Å². The average molecular weight is 261 g/mol. The Kier molecular flexibility index (Phi) is 3.38. The van der Waals surface area contributed by atoms with Gasteiger partial charge in [0.1, 0.15) is 17.2 Å². The number of methoxy groups -OCH3 is 2. The van der Waals surface area contributed by atoms with E-state index in [2.05, 4.69) is 5.10 Å². The maximum Gasteiger partial charge on any atom is 0.131 e. The summed E-state index contributed by atoms with van der Waals surface area (Å²) in [5, 5.41) is 4.39. The van der Waals surface area contributed by atoms with Crippen molar-refractivity contribution in [1.82, 2.24) is 9.78 Å². The van der Waals surface area contributed by atoms with E-state index in [-0.39, 0.29) is 0 Å². The van der Waals surface area contributed by atoms with E-state index < -0.39 is 0 Å². The molecule has 1 aromatic carbocycles. The summed E-state index contributed by atoms with van der Waals surface area (Å²) in [6.45, 7) is 4.00. The number of aryl methyl sites for hydroxylation is 1. The predicted molar refractivity (Wildman–Crippen MR) is 75.6 cm³/mol. The molecule has 0 aliphatic carbocycles. The highest BCUT2D eigenvalue weighted by Crippen LogP contribution is 2.40. The van der Waals surface area contributed by atoms with Crippen molar-refractivity contribution in [3.05, 3.63) is 23.4 Å². The highest BCUT2D eigenvalue weighted by atomic mass is 16.5. The van der Waals surface area contributed by atoms with Crippen LogP contribution in [0, 0.1) is 13.8 Å². The second kappa shape index (κ2) is 4.84. The lowest BCUT2D eigenvalue weighted by Gasteiger charge is -2.16. The number of benzene rings is 1. The third-order valence-electron chi connectivity index (χ3n) is 3.33. The van der Waals surface area contributed by atoms with Crippen molar-refractivity contribution >= 4 is 5.69 Å². The van der Waals surface area contributed by atoms with Crippen molar-refractivity contribution in [1.29, 1.82) is 0 Å². The Bertz CT molecular complexity index is 618. The molecule has 2 rings (SSSR count). The third kappa shape index (κ3) is 2.12. The fourth-order valence-corrected chi connectivity index (χ4v) is 2.23. The van der Waals surface area contributed by atoms with Gasteiger partial charge >= 0.3 is 0 Å². The molecule has 0 aliphatic heterocycles. The number of nitrogens with zero attached hydrogens (tertiary/aromatic N) is 2. The lowest BCUT2D eigenvalue weighted by Crippen LogP contribution is -1.99. The molecule has 5 heteroatoms. The maximum absolute atomic E-state index is 6.00. The van der Waals surface area contributed by atoms with E-state index in [9.17, 15) is 0 Å². The molecule has 1 aromatic heterocycles. The number of rotatable bonds is 3. The molecule has 0 aliphatic rings. The van der Waals surface area contributed by atoms with Gasteiger partial charge in [0.25, 0.3) is 0 Å².